The van der Waals surface area contributed by atoms with E-state index < -0.39 is 11.6 Å². The van der Waals surface area contributed by atoms with Gasteiger partial charge in [-0.3, -0.25) is 14.2 Å². The van der Waals surface area contributed by atoms with Crippen molar-refractivity contribution in [1.82, 2.24) is 9.55 Å². The molecule has 1 N–H and O–H groups in total. The smallest absolute Gasteiger partial charge is 0.272 e. The van der Waals surface area contributed by atoms with E-state index >= 15 is 0 Å². The van der Waals surface area contributed by atoms with E-state index in [9.17, 15) is 18.4 Å². The zero-order chi connectivity index (χ0) is 22.0. The maximum absolute atomic E-state index is 14.2. The lowest BCUT2D eigenvalue weighted by atomic mass is 10.2. The number of nitrogens with zero attached hydrogens (tertiary/aromatic N) is 2. The lowest BCUT2D eigenvalue weighted by molar-refractivity contribution is -0.113. The molecular weight excluding hydrogens is 440 g/mol. The Hall–Kier alpha value is -3.04. The number of aromatic nitrogens is 2. The standard InChI is InChI=1S/C22H17F2N3O2S2/c1-13-6-7-15(10-17(13)24)25-19(28)12-31-22-26-18-8-9-30-20(18)21(29)27(22)11-14-4-2-3-5-16(14)23/h2-10H,11-12H2,1H3,(H,25,28). The highest BCUT2D eigenvalue weighted by molar-refractivity contribution is 7.99. The maximum atomic E-state index is 14.2. The number of hydrogen-bond donors (Lipinski definition) is 1. The third-order valence-corrected chi connectivity index (χ3v) is 6.47. The molecule has 0 aliphatic rings. The van der Waals surface area contributed by atoms with Crippen LogP contribution in [-0.2, 0) is 11.3 Å². The van der Waals surface area contributed by atoms with E-state index in [1.165, 1.54) is 28.0 Å². The predicted octanol–water partition coefficient (Wildman–Crippen LogP) is 4.82. The summed E-state index contributed by atoms with van der Waals surface area (Å²) < 4.78 is 29.7. The van der Waals surface area contributed by atoms with Crippen molar-refractivity contribution in [2.45, 2.75) is 18.6 Å². The molecule has 1 amide bonds. The fourth-order valence-electron chi connectivity index (χ4n) is 2.97. The molecule has 4 aromatic rings. The van der Waals surface area contributed by atoms with Crippen LogP contribution in [0.1, 0.15) is 11.1 Å². The monoisotopic (exact) mass is 457 g/mol. The zero-order valence-electron chi connectivity index (χ0n) is 16.4. The predicted molar refractivity (Wildman–Crippen MR) is 120 cm³/mol. The Morgan fingerprint density at radius 2 is 1.97 bits per heavy atom. The number of anilines is 1. The van der Waals surface area contributed by atoms with Crippen molar-refractivity contribution in [2.24, 2.45) is 0 Å². The third-order valence-electron chi connectivity index (χ3n) is 4.61. The van der Waals surface area contributed by atoms with Gasteiger partial charge < -0.3 is 5.32 Å². The number of carbonyl (C=O) groups excluding carboxylic acids is 1. The molecule has 0 saturated carbocycles. The minimum Gasteiger partial charge on any atom is -0.325 e. The molecule has 2 aromatic heterocycles. The van der Waals surface area contributed by atoms with Crippen LogP contribution in [0.3, 0.4) is 0 Å². The first-order valence-electron chi connectivity index (χ1n) is 9.32. The van der Waals surface area contributed by atoms with Crippen molar-refractivity contribution >= 4 is 44.9 Å². The number of amides is 1. The molecule has 2 aromatic carbocycles. The average Bonchev–Trinajstić information content (AvgIpc) is 3.22. The van der Waals surface area contributed by atoms with E-state index in [4.69, 9.17) is 0 Å². The van der Waals surface area contributed by atoms with Gasteiger partial charge in [-0.25, -0.2) is 13.8 Å². The van der Waals surface area contributed by atoms with Crippen LogP contribution in [0.25, 0.3) is 10.2 Å². The summed E-state index contributed by atoms with van der Waals surface area (Å²) in [6.07, 6.45) is 0. The quantitative estimate of drug-likeness (QED) is 0.333. The molecule has 0 aliphatic heterocycles. The van der Waals surface area contributed by atoms with Crippen LogP contribution in [0.4, 0.5) is 14.5 Å². The zero-order valence-corrected chi connectivity index (χ0v) is 18.0. The Kier molecular flexibility index (Phi) is 6.15. The normalized spacial score (nSPS) is 11.1. The first kappa shape index (κ1) is 21.2. The van der Waals surface area contributed by atoms with Crippen molar-refractivity contribution in [3.05, 3.63) is 87.0 Å². The molecule has 0 atom stereocenters. The first-order chi connectivity index (χ1) is 14.9. The molecule has 158 valence electrons. The summed E-state index contributed by atoms with van der Waals surface area (Å²) in [6.45, 7) is 1.64. The van der Waals surface area contributed by atoms with E-state index in [1.807, 2.05) is 0 Å². The highest BCUT2D eigenvalue weighted by Crippen LogP contribution is 2.23. The SMILES string of the molecule is Cc1ccc(NC(=O)CSc2nc3ccsc3c(=O)n2Cc2ccccc2F)cc1F. The summed E-state index contributed by atoms with van der Waals surface area (Å²) in [5, 5.41) is 4.71. The molecule has 5 nitrogen and oxygen atoms in total. The Bertz CT molecular complexity index is 1330. The largest absolute Gasteiger partial charge is 0.325 e. The van der Waals surface area contributed by atoms with Crippen molar-refractivity contribution < 1.29 is 13.6 Å². The highest BCUT2D eigenvalue weighted by Gasteiger charge is 2.16. The topological polar surface area (TPSA) is 64.0 Å². The van der Waals surface area contributed by atoms with Crippen LogP contribution < -0.4 is 10.9 Å². The molecule has 0 saturated heterocycles. The second-order valence-electron chi connectivity index (χ2n) is 6.81. The van der Waals surface area contributed by atoms with Gasteiger partial charge >= 0.3 is 0 Å². The molecule has 0 unspecified atom stereocenters. The number of carbonyl (C=O) groups is 1. The number of halogens is 2. The number of hydrogen-bond acceptors (Lipinski definition) is 5. The van der Waals surface area contributed by atoms with Gasteiger partial charge in [-0.1, -0.05) is 36.0 Å². The summed E-state index contributed by atoms with van der Waals surface area (Å²) >= 11 is 2.33. The first-order valence-corrected chi connectivity index (χ1v) is 11.2. The molecule has 9 heteroatoms. The van der Waals surface area contributed by atoms with Crippen LogP contribution in [0.15, 0.2) is 63.9 Å². The van der Waals surface area contributed by atoms with Gasteiger partial charge in [-0.2, -0.15) is 0 Å². The van der Waals surface area contributed by atoms with Crippen molar-refractivity contribution in [2.75, 3.05) is 11.1 Å². The van der Waals surface area contributed by atoms with Gasteiger partial charge in [0.2, 0.25) is 5.91 Å². The number of aryl methyl sites for hydroxylation is 1. The second-order valence-corrected chi connectivity index (χ2v) is 8.67. The molecule has 0 fully saturated rings. The van der Waals surface area contributed by atoms with Gasteiger partial charge in [0.05, 0.1) is 17.8 Å². The third kappa shape index (κ3) is 4.67. The Labute approximate surface area is 184 Å². The molecule has 0 aliphatic carbocycles. The molecule has 0 bridgehead atoms. The number of benzene rings is 2. The van der Waals surface area contributed by atoms with Crippen molar-refractivity contribution in [3.63, 3.8) is 0 Å². The van der Waals surface area contributed by atoms with Crippen LogP contribution >= 0.6 is 23.1 Å². The van der Waals surface area contributed by atoms with E-state index in [1.54, 1.807) is 48.7 Å². The summed E-state index contributed by atoms with van der Waals surface area (Å²) in [6, 6.07) is 12.4. The summed E-state index contributed by atoms with van der Waals surface area (Å²) in [7, 11) is 0. The van der Waals surface area contributed by atoms with Crippen molar-refractivity contribution in [3.8, 4) is 0 Å². The lowest BCUT2D eigenvalue weighted by Gasteiger charge is -2.13. The summed E-state index contributed by atoms with van der Waals surface area (Å²) in [4.78, 5) is 29.9. The van der Waals surface area contributed by atoms with Crippen LogP contribution in [0.5, 0.6) is 0 Å². The number of nitrogens with one attached hydrogen (secondary N) is 1. The van der Waals surface area contributed by atoms with Gasteiger partial charge in [0.25, 0.3) is 5.56 Å². The van der Waals surface area contributed by atoms with E-state index in [2.05, 4.69) is 10.3 Å². The Morgan fingerprint density at radius 1 is 1.16 bits per heavy atom. The Morgan fingerprint density at radius 3 is 2.74 bits per heavy atom. The molecule has 0 radical (unpaired) electrons. The van der Waals surface area contributed by atoms with E-state index in [0.29, 0.717) is 32.2 Å². The van der Waals surface area contributed by atoms with Gasteiger partial charge in [0.1, 0.15) is 16.3 Å². The van der Waals surface area contributed by atoms with Gasteiger partial charge in [0.15, 0.2) is 5.16 Å². The van der Waals surface area contributed by atoms with Gasteiger partial charge in [-0.05, 0) is 42.1 Å². The summed E-state index contributed by atoms with van der Waals surface area (Å²) in [5.74, 6) is -1.25. The fraction of sp³-hybridized carbons (Fsp3) is 0.136. The number of thiophene rings is 1. The van der Waals surface area contributed by atoms with Crippen LogP contribution in [0, 0.1) is 18.6 Å². The fourth-order valence-corrected chi connectivity index (χ4v) is 4.54. The summed E-state index contributed by atoms with van der Waals surface area (Å²) in [5.41, 5.74) is 1.43. The molecule has 0 spiro atoms. The van der Waals surface area contributed by atoms with Gasteiger partial charge in [0, 0.05) is 11.3 Å². The lowest BCUT2D eigenvalue weighted by Crippen LogP contribution is -2.24. The maximum Gasteiger partial charge on any atom is 0.272 e. The number of thioether (sulfide) groups is 1. The van der Waals surface area contributed by atoms with Crippen molar-refractivity contribution in [1.29, 1.82) is 0 Å². The minimum absolute atomic E-state index is 0.000523. The second kappa shape index (κ2) is 8.99. The van der Waals surface area contributed by atoms with Gasteiger partial charge in [-0.15, -0.1) is 11.3 Å². The minimum atomic E-state index is -0.421. The molecule has 2 heterocycles. The number of fused-ring (bicyclic) bond motifs is 1. The van der Waals surface area contributed by atoms with Crippen LogP contribution in [-0.4, -0.2) is 21.2 Å². The van der Waals surface area contributed by atoms with E-state index in [-0.39, 0.29) is 23.8 Å². The molecular formula is C22H17F2N3O2S2. The van der Waals surface area contributed by atoms with Crippen LogP contribution in [0.2, 0.25) is 0 Å². The highest BCUT2D eigenvalue weighted by atomic mass is 32.2. The Balaban J connectivity index is 1.58. The van der Waals surface area contributed by atoms with E-state index in [0.717, 1.165) is 11.8 Å². The molecule has 4 rings (SSSR count). The number of rotatable bonds is 6. The molecule has 31 heavy (non-hydrogen) atoms. The average molecular weight is 458 g/mol.